The van der Waals surface area contributed by atoms with Gasteiger partial charge in [0.05, 0.1) is 0 Å². The number of likely N-dealkylation sites (N-methyl/N-ethyl adjacent to an activating group) is 1. The zero-order valence-electron chi connectivity index (χ0n) is 22.6. The molecule has 0 fully saturated rings. The molecule has 0 radical (unpaired) electrons. The molecule has 0 bridgehead atoms. The zero-order chi connectivity index (χ0) is 23.5. The average Bonchev–Trinajstić information content (AvgIpc) is 2.78. The highest BCUT2D eigenvalue weighted by molar-refractivity contribution is 4.93. The van der Waals surface area contributed by atoms with E-state index in [9.17, 15) is 0 Å². The fourth-order valence-electron chi connectivity index (χ4n) is 4.25. The van der Waals surface area contributed by atoms with Crippen LogP contribution in [0.25, 0.3) is 0 Å². The van der Waals surface area contributed by atoms with Gasteiger partial charge in [-0.1, -0.05) is 114 Å². The maximum atomic E-state index is 2.47. The van der Waals surface area contributed by atoms with E-state index in [4.69, 9.17) is 0 Å². The molecule has 0 spiro atoms. The fraction of sp³-hybridized carbons (Fsp3) is 0.806. The number of hydrogen-bond donors (Lipinski definition) is 0. The Bertz CT molecular complexity index is 432. The highest BCUT2D eigenvalue weighted by Crippen LogP contribution is 2.13. The summed E-state index contributed by atoms with van der Waals surface area (Å²) in [6.07, 6.45) is 41.5. The van der Waals surface area contributed by atoms with Gasteiger partial charge in [-0.2, -0.15) is 0 Å². The Hall–Kier alpha value is -0.820. The molecule has 0 saturated carbocycles. The Kier molecular flexibility index (Phi) is 25.8. The minimum absolute atomic E-state index is 0.619. The second-order valence-corrected chi connectivity index (χ2v) is 9.89. The van der Waals surface area contributed by atoms with Gasteiger partial charge >= 0.3 is 0 Å². The molecule has 0 aromatic rings. The Morgan fingerprint density at radius 3 is 1.47 bits per heavy atom. The third kappa shape index (κ3) is 23.8. The van der Waals surface area contributed by atoms with Crippen molar-refractivity contribution >= 4 is 0 Å². The van der Waals surface area contributed by atoms with Crippen molar-refractivity contribution in [2.24, 2.45) is 0 Å². The maximum Gasteiger partial charge on any atom is 0.0272 e. The quantitative estimate of drug-likeness (QED) is 0.105. The molecule has 1 atom stereocenters. The largest absolute Gasteiger partial charge is 0.303 e. The van der Waals surface area contributed by atoms with Crippen molar-refractivity contribution in [2.75, 3.05) is 14.1 Å². The molecule has 188 valence electrons. The van der Waals surface area contributed by atoms with Crippen LogP contribution >= 0.6 is 0 Å². The van der Waals surface area contributed by atoms with Gasteiger partial charge in [-0.3, -0.25) is 0 Å². The predicted octanol–water partition coefficient (Wildman–Crippen LogP) is 10.4. The van der Waals surface area contributed by atoms with Gasteiger partial charge in [0.1, 0.15) is 0 Å². The van der Waals surface area contributed by atoms with Gasteiger partial charge in [-0.05, 0) is 78.8 Å². The van der Waals surface area contributed by atoms with Gasteiger partial charge in [0.15, 0.2) is 0 Å². The summed E-state index contributed by atoms with van der Waals surface area (Å²) < 4.78 is 0. The van der Waals surface area contributed by atoms with E-state index in [2.05, 4.69) is 69.3 Å². The first-order valence-corrected chi connectivity index (χ1v) is 14.3. The summed E-state index contributed by atoms with van der Waals surface area (Å²) in [5.74, 6) is 0. The van der Waals surface area contributed by atoms with Crippen LogP contribution < -0.4 is 0 Å². The summed E-state index contributed by atoms with van der Waals surface area (Å²) in [6.45, 7) is 4.41. The van der Waals surface area contributed by atoms with Crippen molar-refractivity contribution in [1.29, 1.82) is 0 Å². The average molecular weight is 446 g/mol. The van der Waals surface area contributed by atoms with E-state index in [0.29, 0.717) is 6.04 Å². The molecule has 32 heavy (non-hydrogen) atoms. The van der Waals surface area contributed by atoms with E-state index < -0.39 is 0 Å². The van der Waals surface area contributed by atoms with Crippen LogP contribution in [0.5, 0.6) is 0 Å². The third-order valence-electron chi connectivity index (χ3n) is 6.51. The van der Waals surface area contributed by atoms with Crippen LogP contribution in [0.15, 0.2) is 36.5 Å². The van der Waals surface area contributed by atoms with Gasteiger partial charge in [0, 0.05) is 6.04 Å². The normalized spacial score (nSPS) is 13.4. The number of unbranched alkanes of at least 4 members (excludes halogenated alkanes) is 16. The van der Waals surface area contributed by atoms with Crippen LogP contribution in [0.1, 0.15) is 142 Å². The minimum atomic E-state index is 0.619. The molecular formula is C31H59N. The first-order valence-electron chi connectivity index (χ1n) is 14.3. The Morgan fingerprint density at radius 1 is 0.531 bits per heavy atom. The Morgan fingerprint density at radius 2 is 0.969 bits per heavy atom. The van der Waals surface area contributed by atoms with Crippen molar-refractivity contribution in [2.45, 2.75) is 148 Å². The lowest BCUT2D eigenvalue weighted by molar-refractivity contribution is 0.319. The number of rotatable bonds is 24. The van der Waals surface area contributed by atoms with E-state index in [0.717, 1.165) is 0 Å². The topological polar surface area (TPSA) is 3.24 Å². The summed E-state index contributed by atoms with van der Waals surface area (Å²) in [5, 5.41) is 0. The predicted molar refractivity (Wildman–Crippen MR) is 149 cm³/mol. The molecule has 0 rings (SSSR count). The number of nitrogens with zero attached hydrogens (tertiary/aromatic N) is 1. The van der Waals surface area contributed by atoms with Crippen LogP contribution in [0.4, 0.5) is 0 Å². The molecule has 0 aliphatic heterocycles. The first-order chi connectivity index (χ1) is 15.7. The highest BCUT2D eigenvalue weighted by Gasteiger charge is 2.06. The van der Waals surface area contributed by atoms with E-state index >= 15 is 0 Å². The number of hydrogen-bond acceptors (Lipinski definition) is 1. The summed E-state index contributed by atoms with van der Waals surface area (Å²) >= 11 is 0. The number of allylic oxidation sites excluding steroid dienone is 5. The smallest absolute Gasteiger partial charge is 0.0272 e. The van der Waals surface area contributed by atoms with E-state index in [1.54, 1.807) is 0 Å². The van der Waals surface area contributed by atoms with Gasteiger partial charge in [-0.25, -0.2) is 0 Å². The van der Waals surface area contributed by atoms with E-state index in [1.807, 2.05) is 0 Å². The highest BCUT2D eigenvalue weighted by atomic mass is 15.1. The van der Waals surface area contributed by atoms with Crippen molar-refractivity contribution in [3.05, 3.63) is 36.5 Å². The Labute approximate surface area is 203 Å². The zero-order valence-corrected chi connectivity index (χ0v) is 22.6. The van der Waals surface area contributed by atoms with Crippen molar-refractivity contribution < 1.29 is 0 Å². The molecule has 0 aromatic heterocycles. The van der Waals surface area contributed by atoms with Gasteiger partial charge in [0.2, 0.25) is 0 Å². The van der Waals surface area contributed by atoms with Gasteiger partial charge in [-0.15, -0.1) is 0 Å². The molecule has 0 N–H and O–H groups in total. The summed E-state index contributed by atoms with van der Waals surface area (Å²) in [5.41, 5.74) is 0. The van der Waals surface area contributed by atoms with Crippen LogP contribution in [-0.4, -0.2) is 25.0 Å². The molecule has 0 saturated heterocycles. The minimum Gasteiger partial charge on any atom is -0.303 e. The van der Waals surface area contributed by atoms with Crippen LogP contribution in [0.2, 0.25) is 0 Å². The standard InChI is InChI=1S/C31H59N/c1-5-7-9-11-13-14-15-16-17-18-19-20-21-22-24-26-28-30-31(32(3)4)29-27-25-23-12-10-8-6-2/h6,8,16-17,28,30-31H,5,7,9-15,18-27,29H2,1-4H3/b8-6+,17-16-,30-28+. The second-order valence-electron chi connectivity index (χ2n) is 9.89. The van der Waals surface area contributed by atoms with Crippen LogP contribution in [0, 0.1) is 0 Å². The molecule has 0 amide bonds. The van der Waals surface area contributed by atoms with Crippen LogP contribution in [-0.2, 0) is 0 Å². The van der Waals surface area contributed by atoms with Crippen molar-refractivity contribution in [1.82, 2.24) is 4.90 Å². The molecule has 0 heterocycles. The molecule has 1 unspecified atom stereocenters. The fourth-order valence-corrected chi connectivity index (χ4v) is 4.25. The SMILES string of the molecule is C/C=C/CCCCCCC(/C=C/CCCCCCC/C=C\CCCCCCCC)N(C)C. The lowest BCUT2D eigenvalue weighted by Crippen LogP contribution is -2.25. The molecular weight excluding hydrogens is 386 g/mol. The summed E-state index contributed by atoms with van der Waals surface area (Å²) in [7, 11) is 4.45. The van der Waals surface area contributed by atoms with Crippen molar-refractivity contribution in [3.8, 4) is 0 Å². The van der Waals surface area contributed by atoms with E-state index in [1.165, 1.54) is 128 Å². The first kappa shape index (κ1) is 31.2. The summed E-state index contributed by atoms with van der Waals surface area (Å²) in [4.78, 5) is 2.39. The molecule has 1 nitrogen and oxygen atoms in total. The lowest BCUT2D eigenvalue weighted by atomic mass is 10.0. The summed E-state index contributed by atoms with van der Waals surface area (Å²) in [6, 6.07) is 0.619. The van der Waals surface area contributed by atoms with E-state index in [-0.39, 0.29) is 0 Å². The monoisotopic (exact) mass is 445 g/mol. The maximum absolute atomic E-state index is 2.47. The van der Waals surface area contributed by atoms with Gasteiger partial charge < -0.3 is 4.90 Å². The lowest BCUT2D eigenvalue weighted by Gasteiger charge is -2.21. The second kappa shape index (κ2) is 26.4. The van der Waals surface area contributed by atoms with Gasteiger partial charge in [0.25, 0.3) is 0 Å². The molecule has 0 aliphatic carbocycles. The van der Waals surface area contributed by atoms with Crippen LogP contribution in [0.3, 0.4) is 0 Å². The van der Waals surface area contributed by atoms with Crippen molar-refractivity contribution in [3.63, 3.8) is 0 Å². The molecule has 1 heteroatoms. The third-order valence-corrected chi connectivity index (χ3v) is 6.51. The molecule has 0 aromatic carbocycles. The molecule has 0 aliphatic rings. The Balaban J connectivity index is 3.52.